The average Bonchev–Trinajstić information content (AvgIpc) is 1.66. The van der Waals surface area contributed by atoms with Crippen molar-refractivity contribution in [3.05, 3.63) is 231 Å². The van der Waals surface area contributed by atoms with E-state index in [9.17, 15) is 4.79 Å². The monoisotopic (exact) mass is 1730 g/mol. The van der Waals surface area contributed by atoms with E-state index in [0.717, 1.165) is 159 Å². The number of aromatic nitrogens is 20. The largest absolute Gasteiger partial charge is 0.490 e. The predicted molar refractivity (Wildman–Crippen MR) is 491 cm³/mol. The Labute approximate surface area is 739 Å². The Hall–Kier alpha value is -14.9. The second kappa shape index (κ2) is 40.9. The molecular weight excluding hydrogens is 1620 g/mol. The van der Waals surface area contributed by atoms with Crippen LogP contribution in [0.15, 0.2) is 158 Å². The molecule has 1 amide bonds. The Balaban J connectivity index is 0.000000118. The van der Waals surface area contributed by atoms with Crippen molar-refractivity contribution in [2.24, 2.45) is 0 Å². The molecule has 0 unspecified atom stereocenters. The van der Waals surface area contributed by atoms with Crippen molar-refractivity contribution in [1.29, 1.82) is 0 Å². The lowest BCUT2D eigenvalue weighted by Gasteiger charge is -2.11. The summed E-state index contributed by atoms with van der Waals surface area (Å²) in [6, 6.07) is 43.4. The third-order valence-electron chi connectivity index (χ3n) is 22.3. The molecule has 11 N–H and O–H groups in total. The molecule has 34 heteroatoms. The molecule has 128 heavy (non-hydrogen) atoms. The number of carbonyl (C=O) groups is 1. The topological polar surface area (TPSA) is 442 Å². The van der Waals surface area contributed by atoms with Gasteiger partial charge in [-0.1, -0.05) is 121 Å². The van der Waals surface area contributed by atoms with Gasteiger partial charge in [-0.05, 0) is 199 Å². The number of imidazole rings is 5. The minimum absolute atomic E-state index is 0.0437. The summed E-state index contributed by atoms with van der Waals surface area (Å²) >= 11 is 0. The number of nitrogens with zero attached hydrogens (tertiary/aromatic N) is 20. The number of anilines is 5. The molecule has 0 saturated carbocycles. The van der Waals surface area contributed by atoms with E-state index in [-0.39, 0.29) is 17.9 Å². The molecular formula is C94H106N26O8. The molecule has 0 spiro atoms. The van der Waals surface area contributed by atoms with E-state index < -0.39 is 0 Å². The molecule has 34 nitrogen and oxygen atoms in total. The van der Waals surface area contributed by atoms with Crippen molar-refractivity contribution in [1.82, 2.24) is 103 Å². The molecule has 660 valence electrons. The van der Waals surface area contributed by atoms with Gasteiger partial charge in [0, 0.05) is 32.6 Å². The predicted octanol–water partition coefficient (Wildman–Crippen LogP) is 12.7. The van der Waals surface area contributed by atoms with Crippen molar-refractivity contribution in [2.75, 3.05) is 81.5 Å². The van der Waals surface area contributed by atoms with E-state index in [4.69, 9.17) is 61.8 Å². The van der Waals surface area contributed by atoms with Crippen molar-refractivity contribution < 1.29 is 38.0 Å². The van der Waals surface area contributed by atoms with Gasteiger partial charge in [0.1, 0.15) is 60.4 Å². The number of nitrogen functional groups attached to an aromatic ring is 5. The summed E-state index contributed by atoms with van der Waals surface area (Å²) in [5, 5.41) is 2.91. The smallest absolute Gasteiger partial charge is 0.320 e. The summed E-state index contributed by atoms with van der Waals surface area (Å²) in [4.78, 5) is 78.4. The van der Waals surface area contributed by atoms with E-state index in [0.29, 0.717) is 177 Å². The first-order valence-corrected chi connectivity index (χ1v) is 43.5. The number of aryl methyl sites for hydroxylation is 13. The number of hydrogen-bond acceptors (Lipinski definition) is 28. The minimum Gasteiger partial charge on any atom is -0.490 e. The highest BCUT2D eigenvalue weighted by Gasteiger charge is 2.23. The SMILES string of the molecule is Cc1nc2c(N)nc3nc2n1CCc1cccc(c1)C/C=C/CCO3.Cc1nc2c(N)nc3nc2n1CCc1cccc(c1)CCCCCO3.Cc1nc2c(N)nc3nc2n1CCc1cccc(c1)OC/C=C\CO3.Cc1nc2c(N)nc3nc2n1Cc1ccc(cc1)OC/C=C/CCCO3.Cc1nc2c(N)nc3nc2n1Cc1cccc(c1)CCC(=O)NCCCO3. The van der Waals surface area contributed by atoms with Gasteiger partial charge >= 0.3 is 30.1 Å². The molecule has 15 aromatic rings. The first kappa shape index (κ1) is 86.6. The third kappa shape index (κ3) is 21.7. The zero-order valence-corrected chi connectivity index (χ0v) is 72.7. The standard InChI is InChI=1S/C19H22N6O2.C19H21N5O2.C19H23N5O.C19H21N5O.C18H19N5O2/c1-12-22-16-17(20)23-19-24-18(16)25(12)11-14-5-2-4-13(10-14)6-7-15(26)21-8-3-9-27-19;1-13-21-16-17(20)22-19-23-18(16)24(13)12-14-6-8-15(9-7-14)25-10-4-2-3-5-11-26-19;2*1-13-21-16-17(20)22-19-23-18(16)24(13)10-9-15-8-5-7-14(12-15)6-3-2-4-11-25-19;1-12-20-15-16(19)21-18-22-17(15)23(12)8-7-13-5-4-6-14(11-13)24-9-2-3-10-25-18/h2,4-5,10H,3,6-9,11H2,1H3,(H,21,26)(H2,20,23,24);2,4,6-9H,3,5,10-12H2,1H3,(H2,20,22,23);5,7-8,12H,2-4,6,9-11H2,1H3,(H2,20,22,23);2-3,5,7-8,12H,4,6,9-11H2,1H3,(H2,20,22,23);2-6,11H,7-10H2,1H3,(H2,19,21,22)/b;4-2+;;3-2+;3-2-. The highest BCUT2D eigenvalue weighted by atomic mass is 16.5. The van der Waals surface area contributed by atoms with Crippen molar-refractivity contribution in [3.63, 3.8) is 0 Å². The van der Waals surface area contributed by atoms with Crippen LogP contribution in [0.4, 0.5) is 29.1 Å². The lowest BCUT2D eigenvalue weighted by atomic mass is 10.0. The zero-order valence-electron chi connectivity index (χ0n) is 72.7. The maximum Gasteiger partial charge on any atom is 0.320 e. The number of amides is 1. The third-order valence-corrected chi connectivity index (χ3v) is 22.3. The molecule has 0 saturated heterocycles. The summed E-state index contributed by atoms with van der Waals surface area (Å²) in [6.45, 7) is 17.3. The molecule has 20 bridgehead atoms. The molecule has 0 fully saturated rings. The minimum atomic E-state index is 0.0437. The van der Waals surface area contributed by atoms with Gasteiger partial charge in [0.25, 0.3) is 0 Å². The van der Waals surface area contributed by atoms with Crippen LogP contribution in [0, 0.1) is 34.6 Å². The fourth-order valence-electron chi connectivity index (χ4n) is 15.6. The Morgan fingerprint density at radius 2 is 0.680 bits per heavy atom. The fraction of sp³-hybridized carbons (Fsp3) is 0.340. The zero-order chi connectivity index (χ0) is 88.4. The van der Waals surface area contributed by atoms with Gasteiger partial charge in [0.05, 0.1) is 39.5 Å². The number of hydrogen-bond donors (Lipinski definition) is 6. The average molecular weight is 1730 g/mol. The highest BCUT2D eigenvalue weighted by Crippen LogP contribution is 2.31. The number of allylic oxidation sites excluding steroid dienone is 2. The van der Waals surface area contributed by atoms with E-state index in [1.807, 2.05) is 115 Å². The number of benzene rings is 5. The van der Waals surface area contributed by atoms with E-state index in [1.54, 1.807) is 0 Å². The summed E-state index contributed by atoms with van der Waals surface area (Å²) in [5.41, 5.74) is 46.9. The van der Waals surface area contributed by atoms with Crippen LogP contribution in [-0.4, -0.2) is 156 Å². The first-order chi connectivity index (χ1) is 62.4. The van der Waals surface area contributed by atoms with Crippen LogP contribution in [0.1, 0.15) is 125 Å². The van der Waals surface area contributed by atoms with Crippen LogP contribution in [0.3, 0.4) is 0 Å². The quantitative estimate of drug-likeness (QED) is 0.0768. The molecule has 5 aromatic carbocycles. The van der Waals surface area contributed by atoms with Gasteiger partial charge in [-0.2, -0.15) is 49.8 Å². The van der Waals surface area contributed by atoms with Crippen LogP contribution in [0.2, 0.25) is 0 Å². The van der Waals surface area contributed by atoms with E-state index >= 15 is 0 Å². The van der Waals surface area contributed by atoms with Crippen molar-refractivity contribution >= 4 is 90.8 Å². The van der Waals surface area contributed by atoms with Crippen LogP contribution in [-0.2, 0) is 76.0 Å². The summed E-state index contributed by atoms with van der Waals surface area (Å²) in [5.74, 6) is 7.76. The molecule has 0 aliphatic carbocycles. The van der Waals surface area contributed by atoms with Gasteiger partial charge in [-0.15, -0.1) is 0 Å². The van der Waals surface area contributed by atoms with Gasteiger partial charge < -0.3 is 90.0 Å². The number of carbonyl (C=O) groups excluding carboxylic acids is 1. The Kier molecular flexibility index (Phi) is 27.7. The number of rotatable bonds is 0. The van der Waals surface area contributed by atoms with Crippen LogP contribution in [0.25, 0.3) is 55.8 Å². The van der Waals surface area contributed by atoms with Gasteiger partial charge in [0.15, 0.2) is 84.9 Å². The fourth-order valence-corrected chi connectivity index (χ4v) is 15.6. The summed E-state index contributed by atoms with van der Waals surface area (Å²) in [6.07, 6.45) is 24.6. The Bertz CT molecular complexity index is 6550. The molecule has 16 heterocycles. The second-order valence-corrected chi connectivity index (χ2v) is 31.6. The lowest BCUT2D eigenvalue weighted by molar-refractivity contribution is -0.121. The van der Waals surface area contributed by atoms with Crippen molar-refractivity contribution in [3.8, 4) is 41.6 Å². The molecule has 10 aromatic heterocycles. The number of nitrogens with two attached hydrogens (primary N) is 5. The van der Waals surface area contributed by atoms with Crippen LogP contribution >= 0.6 is 0 Å². The summed E-state index contributed by atoms with van der Waals surface area (Å²) in [7, 11) is 0. The van der Waals surface area contributed by atoms with Crippen LogP contribution < -0.4 is 67.1 Å². The van der Waals surface area contributed by atoms with Crippen molar-refractivity contribution in [2.45, 2.75) is 157 Å². The Morgan fingerprint density at radius 3 is 1.21 bits per heavy atom. The van der Waals surface area contributed by atoms with E-state index in [1.165, 1.54) is 27.8 Å². The van der Waals surface area contributed by atoms with Crippen LogP contribution in [0.5, 0.6) is 41.6 Å². The van der Waals surface area contributed by atoms with Gasteiger partial charge in [-0.3, -0.25) is 4.79 Å². The number of fused-ring (bicyclic) bond motifs is 20. The second-order valence-electron chi connectivity index (χ2n) is 31.6. The number of ether oxygens (including phenoxy) is 7. The molecule has 21 rings (SSSR count). The Morgan fingerprint density at radius 1 is 0.297 bits per heavy atom. The highest BCUT2D eigenvalue weighted by molar-refractivity contribution is 5.86. The molecule has 0 atom stereocenters. The summed E-state index contributed by atoms with van der Waals surface area (Å²) < 4.78 is 50.1. The first-order valence-electron chi connectivity index (χ1n) is 43.5. The normalized spacial score (nSPS) is 15.9. The van der Waals surface area contributed by atoms with E-state index in [2.05, 4.69) is 180 Å². The molecule has 6 aliphatic rings. The maximum absolute atomic E-state index is 12.0. The number of nitrogens with one attached hydrogen (secondary N) is 1. The lowest BCUT2D eigenvalue weighted by Crippen LogP contribution is -2.25. The van der Waals surface area contributed by atoms with Gasteiger partial charge in [-0.25, -0.2) is 24.9 Å². The maximum atomic E-state index is 12.0. The molecule has 6 aliphatic heterocycles. The van der Waals surface area contributed by atoms with Gasteiger partial charge in [0.2, 0.25) is 5.91 Å². The molecule has 0 radical (unpaired) electrons.